The van der Waals surface area contributed by atoms with Crippen molar-refractivity contribution in [2.75, 3.05) is 41.0 Å². The fraction of sp³-hybridized carbons (Fsp3) is 0.688. The van der Waals surface area contributed by atoms with Crippen molar-refractivity contribution >= 4 is 17.9 Å². The summed E-state index contributed by atoms with van der Waals surface area (Å²) < 4.78 is 17.2. The van der Waals surface area contributed by atoms with E-state index in [0.717, 1.165) is 51.4 Å². The molecule has 8 heteroatoms. The summed E-state index contributed by atoms with van der Waals surface area (Å²) in [6, 6.07) is -0.623. The van der Waals surface area contributed by atoms with E-state index >= 15 is 0 Å². The zero-order chi connectivity index (χ0) is 41.4. The number of unbranched alkanes of at least 4 members (excludes halogenated alkanes) is 17. The number of rotatable bonds is 38. The molecule has 0 aliphatic rings. The monoisotopic (exact) mass is 785 g/mol. The molecule has 1 N–H and O–H groups in total. The van der Waals surface area contributed by atoms with Gasteiger partial charge in [0.15, 0.2) is 12.1 Å². The summed E-state index contributed by atoms with van der Waals surface area (Å²) in [4.78, 5) is 37.0. The fourth-order valence-corrected chi connectivity index (χ4v) is 6.12. The topological polar surface area (TPSA) is 99.1 Å². The average Bonchev–Trinajstić information content (AvgIpc) is 3.15. The molecule has 0 amide bonds. The Bertz CT molecular complexity index is 1140. The molecule has 0 heterocycles. The Labute approximate surface area is 342 Å². The van der Waals surface area contributed by atoms with E-state index in [9.17, 15) is 19.5 Å². The van der Waals surface area contributed by atoms with E-state index in [2.05, 4.69) is 26.0 Å². The lowest BCUT2D eigenvalue weighted by Crippen LogP contribution is -2.50. The molecule has 56 heavy (non-hydrogen) atoms. The van der Waals surface area contributed by atoms with Crippen molar-refractivity contribution in [3.05, 3.63) is 72.9 Å². The second kappa shape index (κ2) is 38.6. The minimum atomic E-state index is -0.884. The summed E-state index contributed by atoms with van der Waals surface area (Å²) in [6.45, 7) is 4.54. The number of quaternary nitrogens is 1. The van der Waals surface area contributed by atoms with Gasteiger partial charge in [0.1, 0.15) is 6.61 Å². The van der Waals surface area contributed by atoms with Gasteiger partial charge in [0.05, 0.1) is 34.4 Å². The summed E-state index contributed by atoms with van der Waals surface area (Å²) >= 11 is 0. The zero-order valence-electron chi connectivity index (χ0n) is 36.3. The summed E-state index contributed by atoms with van der Waals surface area (Å²) in [5.74, 6) is -1.53. The first-order chi connectivity index (χ1) is 27.1. The number of hydrogen-bond acceptors (Lipinski definition) is 6. The summed E-state index contributed by atoms with van der Waals surface area (Å²) in [7, 11) is 5.51. The lowest BCUT2D eigenvalue weighted by molar-refractivity contribution is -0.887. The number of esters is 2. The molecule has 2 atom stereocenters. The Kier molecular flexibility index (Phi) is 36.4. The molecular formula is C48H82NO7+. The van der Waals surface area contributed by atoms with Crippen molar-refractivity contribution in [1.82, 2.24) is 0 Å². The maximum atomic E-state index is 12.7. The third-order valence-electron chi connectivity index (χ3n) is 9.53. The van der Waals surface area contributed by atoms with Crippen LogP contribution in [0.15, 0.2) is 72.9 Å². The number of carbonyl (C=O) groups is 3. The van der Waals surface area contributed by atoms with Gasteiger partial charge in [-0.25, -0.2) is 4.79 Å². The molecule has 0 aliphatic carbocycles. The number of likely N-dealkylation sites (N-methyl/N-ethyl adjacent to an activating group) is 1. The molecular weight excluding hydrogens is 703 g/mol. The highest BCUT2D eigenvalue weighted by Crippen LogP contribution is 2.15. The molecule has 0 saturated heterocycles. The lowest BCUT2D eigenvalue weighted by atomic mass is 10.0. The van der Waals surface area contributed by atoms with Crippen molar-refractivity contribution in [2.24, 2.45) is 0 Å². The van der Waals surface area contributed by atoms with Crippen LogP contribution in [0.5, 0.6) is 0 Å². The van der Waals surface area contributed by atoms with Crippen molar-refractivity contribution in [3.8, 4) is 0 Å². The van der Waals surface area contributed by atoms with Gasteiger partial charge in [-0.3, -0.25) is 9.59 Å². The van der Waals surface area contributed by atoms with Gasteiger partial charge in [0.2, 0.25) is 0 Å². The number of hydrogen-bond donors (Lipinski definition) is 1. The van der Waals surface area contributed by atoms with Gasteiger partial charge in [-0.05, 0) is 32.1 Å². The number of carboxylic acids is 1. The lowest BCUT2D eigenvalue weighted by Gasteiger charge is -2.31. The van der Waals surface area contributed by atoms with Gasteiger partial charge in [0, 0.05) is 19.3 Å². The largest absolute Gasteiger partial charge is 0.477 e. The van der Waals surface area contributed by atoms with Crippen LogP contribution in [0.2, 0.25) is 0 Å². The van der Waals surface area contributed by atoms with E-state index in [1.165, 1.54) is 77.0 Å². The molecule has 0 aromatic rings. The molecule has 0 bridgehead atoms. The van der Waals surface area contributed by atoms with Gasteiger partial charge in [-0.2, -0.15) is 0 Å². The third kappa shape index (κ3) is 36.4. The SMILES string of the molecule is CC/C=C/C=C/C=C/C=C/C=C/C=C/CCCCCC(=O)OCC(COCCC(C(=O)O)[N+](C)(C)C)OC(=O)CCCCCCCCCCCCCCCCC. The molecule has 0 aliphatic heterocycles. The van der Waals surface area contributed by atoms with Crippen molar-refractivity contribution < 1.29 is 38.2 Å². The van der Waals surface area contributed by atoms with Crippen LogP contribution in [-0.2, 0) is 28.6 Å². The minimum absolute atomic E-state index is 0.0446. The summed E-state index contributed by atoms with van der Waals surface area (Å²) in [6.07, 6.45) is 48.0. The smallest absolute Gasteiger partial charge is 0.362 e. The molecule has 0 saturated carbocycles. The van der Waals surface area contributed by atoms with Crippen LogP contribution in [0.3, 0.4) is 0 Å². The predicted molar refractivity (Wildman–Crippen MR) is 233 cm³/mol. The molecule has 0 spiro atoms. The van der Waals surface area contributed by atoms with Crippen LogP contribution in [0.4, 0.5) is 0 Å². The van der Waals surface area contributed by atoms with E-state index in [-0.39, 0.29) is 36.2 Å². The van der Waals surface area contributed by atoms with Gasteiger partial charge in [-0.15, -0.1) is 0 Å². The molecule has 0 aromatic carbocycles. The van der Waals surface area contributed by atoms with Crippen molar-refractivity contribution in [2.45, 2.75) is 174 Å². The first-order valence-corrected chi connectivity index (χ1v) is 22.1. The first kappa shape index (κ1) is 52.8. The molecule has 0 fully saturated rings. The fourth-order valence-electron chi connectivity index (χ4n) is 6.12. The normalized spacial score (nSPS) is 13.7. The van der Waals surface area contributed by atoms with Crippen LogP contribution in [0.25, 0.3) is 0 Å². The van der Waals surface area contributed by atoms with Crippen LogP contribution in [0.1, 0.15) is 162 Å². The maximum absolute atomic E-state index is 12.7. The highest BCUT2D eigenvalue weighted by atomic mass is 16.6. The number of aliphatic carboxylic acids is 1. The first-order valence-electron chi connectivity index (χ1n) is 22.1. The molecule has 8 nitrogen and oxygen atoms in total. The Hall–Kier alpha value is -3.23. The van der Waals surface area contributed by atoms with Gasteiger partial charge >= 0.3 is 17.9 Å². The van der Waals surface area contributed by atoms with E-state index in [0.29, 0.717) is 19.3 Å². The quantitative estimate of drug-likeness (QED) is 0.0288. The van der Waals surface area contributed by atoms with E-state index < -0.39 is 18.1 Å². The number of nitrogens with zero attached hydrogens (tertiary/aromatic N) is 1. The van der Waals surface area contributed by atoms with E-state index in [4.69, 9.17) is 14.2 Å². The number of ether oxygens (including phenoxy) is 3. The number of carbonyl (C=O) groups excluding carboxylic acids is 2. The highest BCUT2D eigenvalue weighted by molar-refractivity contribution is 5.72. The van der Waals surface area contributed by atoms with Crippen LogP contribution in [0, 0.1) is 0 Å². The highest BCUT2D eigenvalue weighted by Gasteiger charge is 2.31. The number of carboxylic acid groups (broad SMARTS) is 1. The Morgan fingerprint density at radius 2 is 1.00 bits per heavy atom. The third-order valence-corrected chi connectivity index (χ3v) is 9.53. The maximum Gasteiger partial charge on any atom is 0.362 e. The second-order valence-corrected chi connectivity index (χ2v) is 15.7. The van der Waals surface area contributed by atoms with Gasteiger partial charge in [0.25, 0.3) is 0 Å². The second-order valence-electron chi connectivity index (χ2n) is 15.7. The van der Waals surface area contributed by atoms with Crippen LogP contribution >= 0.6 is 0 Å². The standard InChI is InChI=1S/C48H81NO7/c1-6-8-10-12-14-16-18-20-22-23-25-26-28-30-32-34-36-38-46(50)55-43-44(42-54-41-40-45(48(52)53)49(3,4)5)56-47(51)39-37-35-33-31-29-27-24-21-19-17-15-13-11-9-7-2/h8,10,12,14,16,18,20,22-23,25-26,28,44-45H,6-7,9,11,13,15,17,19,21,24,27,29-43H2,1-5H3/p+1/b10-8+,14-12+,18-16+,22-20+,25-23+,28-26+. The predicted octanol–water partition coefficient (Wildman–Crippen LogP) is 12.0. The minimum Gasteiger partial charge on any atom is -0.477 e. The molecule has 0 aromatic heterocycles. The van der Waals surface area contributed by atoms with Gasteiger partial charge in [-0.1, -0.05) is 183 Å². The zero-order valence-corrected chi connectivity index (χ0v) is 36.3. The average molecular weight is 785 g/mol. The summed E-state index contributed by atoms with van der Waals surface area (Å²) in [5.41, 5.74) is 0. The Morgan fingerprint density at radius 3 is 1.48 bits per heavy atom. The van der Waals surface area contributed by atoms with Gasteiger partial charge < -0.3 is 23.8 Å². The Balaban J connectivity index is 4.44. The number of allylic oxidation sites excluding steroid dienone is 12. The summed E-state index contributed by atoms with van der Waals surface area (Å²) in [5, 5.41) is 9.62. The van der Waals surface area contributed by atoms with Crippen LogP contribution < -0.4 is 0 Å². The molecule has 0 rings (SSSR count). The molecule has 2 unspecified atom stereocenters. The van der Waals surface area contributed by atoms with Crippen molar-refractivity contribution in [1.29, 1.82) is 0 Å². The van der Waals surface area contributed by atoms with Crippen molar-refractivity contribution in [3.63, 3.8) is 0 Å². The van der Waals surface area contributed by atoms with Crippen LogP contribution in [-0.4, -0.2) is 80.6 Å². The molecule has 320 valence electrons. The molecule has 0 radical (unpaired) electrons. The van der Waals surface area contributed by atoms with E-state index in [1.54, 1.807) is 0 Å². The van der Waals surface area contributed by atoms with E-state index in [1.807, 2.05) is 81.9 Å². The Morgan fingerprint density at radius 1 is 0.554 bits per heavy atom.